The number of nitrogens with zero attached hydrogens (tertiary/aromatic N) is 5. The summed E-state index contributed by atoms with van der Waals surface area (Å²) in [7, 11) is 0. The van der Waals surface area contributed by atoms with E-state index in [-0.39, 0.29) is 0 Å². The van der Waals surface area contributed by atoms with Gasteiger partial charge in [0.25, 0.3) is 0 Å². The molecule has 142 valence electrons. The van der Waals surface area contributed by atoms with Gasteiger partial charge in [-0.05, 0) is 47.5 Å². The molecular formula is C23H15N7. The zero-order valence-corrected chi connectivity index (χ0v) is 15.7. The van der Waals surface area contributed by atoms with E-state index < -0.39 is 0 Å². The molecule has 0 aliphatic carbocycles. The molecule has 0 bridgehead atoms. The molecule has 0 atom stereocenters. The van der Waals surface area contributed by atoms with Crippen molar-refractivity contribution in [1.29, 1.82) is 0 Å². The van der Waals surface area contributed by atoms with E-state index in [9.17, 15) is 0 Å². The molecule has 6 heterocycles. The summed E-state index contributed by atoms with van der Waals surface area (Å²) < 4.78 is 0. The van der Waals surface area contributed by atoms with Crippen LogP contribution in [-0.2, 0) is 0 Å². The third kappa shape index (κ3) is 2.64. The highest BCUT2D eigenvalue weighted by Crippen LogP contribution is 2.33. The number of aromatic amines is 2. The summed E-state index contributed by atoms with van der Waals surface area (Å²) in [6, 6.07) is 14.1. The van der Waals surface area contributed by atoms with Crippen LogP contribution in [0.25, 0.3) is 55.7 Å². The van der Waals surface area contributed by atoms with Crippen molar-refractivity contribution in [3.63, 3.8) is 0 Å². The third-order valence-electron chi connectivity index (χ3n) is 5.20. The number of fused-ring (bicyclic) bond motifs is 2. The molecule has 2 N–H and O–H groups in total. The average molecular weight is 389 g/mol. The van der Waals surface area contributed by atoms with Gasteiger partial charge < -0.3 is 4.98 Å². The Kier molecular flexibility index (Phi) is 3.64. The second-order valence-corrected chi connectivity index (χ2v) is 6.98. The maximum Gasteiger partial charge on any atom is 0.181 e. The van der Waals surface area contributed by atoms with E-state index in [0.717, 1.165) is 50.1 Å². The normalized spacial score (nSPS) is 11.3. The number of hydrogen-bond acceptors (Lipinski definition) is 5. The van der Waals surface area contributed by atoms with Crippen molar-refractivity contribution >= 4 is 22.1 Å². The fourth-order valence-corrected chi connectivity index (χ4v) is 3.74. The van der Waals surface area contributed by atoms with Crippen LogP contribution < -0.4 is 0 Å². The second kappa shape index (κ2) is 6.59. The summed E-state index contributed by atoms with van der Waals surface area (Å²) in [5.41, 5.74) is 7.47. The van der Waals surface area contributed by atoms with Crippen molar-refractivity contribution in [2.45, 2.75) is 0 Å². The monoisotopic (exact) mass is 389 g/mol. The quantitative estimate of drug-likeness (QED) is 0.460. The molecule has 7 heteroatoms. The standard InChI is InChI=1S/C23H15N7/c1-2-15(12-25-6-1)16-10-19-21(29-30-23(19)27-13-16)20-11-18-17(5-9-26-22(18)28-20)14-3-7-24-8-4-14/h1-13H,(H,26,28)(H,27,29,30). The molecule has 0 unspecified atom stereocenters. The van der Waals surface area contributed by atoms with Crippen LogP contribution >= 0.6 is 0 Å². The van der Waals surface area contributed by atoms with Crippen LogP contribution in [0, 0.1) is 0 Å². The van der Waals surface area contributed by atoms with E-state index in [1.165, 1.54) is 0 Å². The molecule has 0 aliphatic rings. The lowest BCUT2D eigenvalue weighted by molar-refractivity contribution is 1.10. The van der Waals surface area contributed by atoms with E-state index in [2.05, 4.69) is 47.2 Å². The Balaban J connectivity index is 1.52. The van der Waals surface area contributed by atoms with Gasteiger partial charge in [-0.25, -0.2) is 9.97 Å². The summed E-state index contributed by atoms with van der Waals surface area (Å²) in [6.45, 7) is 0. The maximum absolute atomic E-state index is 4.52. The zero-order valence-electron chi connectivity index (χ0n) is 15.7. The molecule has 0 fully saturated rings. The van der Waals surface area contributed by atoms with E-state index in [1.807, 2.05) is 48.9 Å². The van der Waals surface area contributed by atoms with Crippen molar-refractivity contribution in [3.8, 4) is 33.6 Å². The molecule has 0 amide bonds. The molecule has 30 heavy (non-hydrogen) atoms. The van der Waals surface area contributed by atoms with E-state index in [4.69, 9.17) is 0 Å². The van der Waals surface area contributed by atoms with Gasteiger partial charge >= 0.3 is 0 Å². The largest absolute Gasteiger partial charge is 0.338 e. The SMILES string of the molecule is c1cncc(-c2cnc3n[nH]c(-c4cc5c(-c6ccncc6)ccnc5[nH]4)c3c2)c1. The highest BCUT2D eigenvalue weighted by Gasteiger charge is 2.15. The van der Waals surface area contributed by atoms with Gasteiger partial charge in [0.15, 0.2) is 5.65 Å². The minimum absolute atomic E-state index is 0.665. The highest BCUT2D eigenvalue weighted by atomic mass is 15.2. The lowest BCUT2D eigenvalue weighted by Gasteiger charge is -2.01. The van der Waals surface area contributed by atoms with Crippen LogP contribution in [0.15, 0.2) is 79.6 Å². The summed E-state index contributed by atoms with van der Waals surface area (Å²) in [5, 5.41) is 9.49. The Labute approximate surface area is 170 Å². The van der Waals surface area contributed by atoms with Gasteiger partial charge in [0.05, 0.1) is 11.4 Å². The van der Waals surface area contributed by atoms with Crippen molar-refractivity contribution in [1.82, 2.24) is 35.1 Å². The fourth-order valence-electron chi connectivity index (χ4n) is 3.74. The number of H-pyrrole nitrogens is 2. The second-order valence-electron chi connectivity index (χ2n) is 6.98. The molecule has 6 aromatic rings. The van der Waals surface area contributed by atoms with Gasteiger partial charge in [-0.3, -0.25) is 15.1 Å². The third-order valence-corrected chi connectivity index (χ3v) is 5.20. The maximum atomic E-state index is 4.52. The Hall–Kier alpha value is -4.39. The van der Waals surface area contributed by atoms with Crippen LogP contribution in [0.2, 0.25) is 0 Å². The molecule has 0 radical (unpaired) electrons. The Morgan fingerprint density at radius 2 is 1.63 bits per heavy atom. The first kappa shape index (κ1) is 16.6. The molecule has 0 saturated heterocycles. The predicted molar refractivity (Wildman–Crippen MR) is 115 cm³/mol. The Morgan fingerprint density at radius 3 is 2.50 bits per heavy atom. The molecule has 0 aliphatic heterocycles. The number of aromatic nitrogens is 7. The van der Waals surface area contributed by atoms with Crippen LogP contribution in [0.1, 0.15) is 0 Å². The molecule has 6 aromatic heterocycles. The van der Waals surface area contributed by atoms with Crippen molar-refractivity contribution in [3.05, 3.63) is 79.6 Å². The first-order chi connectivity index (χ1) is 14.9. The summed E-state index contributed by atoms with van der Waals surface area (Å²) >= 11 is 0. The Morgan fingerprint density at radius 1 is 0.700 bits per heavy atom. The molecular weight excluding hydrogens is 374 g/mol. The average Bonchev–Trinajstić information content (AvgIpc) is 3.43. The topological polar surface area (TPSA) is 96.0 Å². The number of hydrogen-bond donors (Lipinski definition) is 2. The number of nitrogens with one attached hydrogen (secondary N) is 2. The molecule has 6 rings (SSSR count). The zero-order chi connectivity index (χ0) is 19.9. The summed E-state index contributed by atoms with van der Waals surface area (Å²) in [4.78, 5) is 20.8. The molecule has 0 aromatic carbocycles. The highest BCUT2D eigenvalue weighted by molar-refractivity contribution is 5.99. The lowest BCUT2D eigenvalue weighted by Crippen LogP contribution is -1.83. The first-order valence-electron chi connectivity index (χ1n) is 9.50. The van der Waals surface area contributed by atoms with Gasteiger partial charge in [-0.1, -0.05) is 6.07 Å². The van der Waals surface area contributed by atoms with Crippen LogP contribution in [0.5, 0.6) is 0 Å². The summed E-state index contributed by atoms with van der Waals surface area (Å²) in [5.74, 6) is 0. The van der Waals surface area contributed by atoms with Gasteiger partial charge in [0.1, 0.15) is 5.65 Å². The van der Waals surface area contributed by atoms with E-state index in [0.29, 0.717) is 5.65 Å². The van der Waals surface area contributed by atoms with Gasteiger partial charge in [0.2, 0.25) is 0 Å². The minimum atomic E-state index is 0.665. The lowest BCUT2D eigenvalue weighted by atomic mass is 10.0. The van der Waals surface area contributed by atoms with E-state index >= 15 is 0 Å². The van der Waals surface area contributed by atoms with Crippen molar-refractivity contribution < 1.29 is 0 Å². The number of pyridine rings is 4. The first-order valence-corrected chi connectivity index (χ1v) is 9.50. The Bertz CT molecular complexity index is 1480. The van der Waals surface area contributed by atoms with Crippen LogP contribution in [0.4, 0.5) is 0 Å². The van der Waals surface area contributed by atoms with E-state index in [1.54, 1.807) is 18.6 Å². The minimum Gasteiger partial charge on any atom is -0.338 e. The van der Waals surface area contributed by atoms with Crippen molar-refractivity contribution in [2.24, 2.45) is 0 Å². The van der Waals surface area contributed by atoms with Gasteiger partial charge in [-0.15, -0.1) is 0 Å². The predicted octanol–water partition coefficient (Wildman–Crippen LogP) is 4.63. The van der Waals surface area contributed by atoms with Gasteiger partial charge in [0, 0.05) is 59.1 Å². The van der Waals surface area contributed by atoms with Crippen molar-refractivity contribution in [2.75, 3.05) is 0 Å². The number of rotatable bonds is 3. The van der Waals surface area contributed by atoms with Gasteiger partial charge in [-0.2, -0.15) is 5.10 Å². The smallest absolute Gasteiger partial charge is 0.181 e. The van der Waals surface area contributed by atoms with Crippen LogP contribution in [-0.4, -0.2) is 35.1 Å². The molecule has 0 spiro atoms. The summed E-state index contributed by atoms with van der Waals surface area (Å²) in [6.07, 6.45) is 10.8. The molecule has 7 nitrogen and oxygen atoms in total. The fraction of sp³-hybridized carbons (Fsp3) is 0. The van der Waals surface area contributed by atoms with Crippen LogP contribution in [0.3, 0.4) is 0 Å². The molecule has 0 saturated carbocycles.